The van der Waals surface area contributed by atoms with Gasteiger partial charge in [-0.15, -0.1) is 11.3 Å². The zero-order valence-corrected chi connectivity index (χ0v) is 18.7. The number of fused-ring (bicyclic) bond motifs is 1. The van der Waals surface area contributed by atoms with Crippen molar-refractivity contribution in [3.63, 3.8) is 0 Å². The van der Waals surface area contributed by atoms with E-state index in [0.29, 0.717) is 32.1 Å². The van der Waals surface area contributed by atoms with Crippen molar-refractivity contribution < 1.29 is 4.79 Å². The second-order valence-corrected chi connectivity index (χ2v) is 9.56. The number of thiazole rings is 1. The van der Waals surface area contributed by atoms with Crippen molar-refractivity contribution in [1.82, 2.24) is 4.98 Å². The predicted octanol–water partition coefficient (Wildman–Crippen LogP) is 7.80. The number of rotatable bonds is 5. The van der Waals surface area contributed by atoms with E-state index in [2.05, 4.69) is 10.3 Å². The summed E-state index contributed by atoms with van der Waals surface area (Å²) in [4.78, 5) is 17.1. The first kappa shape index (κ1) is 20.5. The summed E-state index contributed by atoms with van der Waals surface area (Å²) >= 11 is 21.7. The molecule has 3 aromatic carbocycles. The van der Waals surface area contributed by atoms with Crippen LogP contribution < -0.4 is 5.32 Å². The molecule has 0 aliphatic carbocycles. The Hall–Kier alpha value is -1.76. The van der Waals surface area contributed by atoms with E-state index in [9.17, 15) is 4.79 Å². The molecular weight excluding hydrogens is 467 g/mol. The van der Waals surface area contributed by atoms with E-state index in [0.717, 1.165) is 20.1 Å². The van der Waals surface area contributed by atoms with E-state index >= 15 is 0 Å². The molecule has 146 valence electrons. The van der Waals surface area contributed by atoms with Crippen molar-refractivity contribution in [2.24, 2.45) is 0 Å². The van der Waals surface area contributed by atoms with Gasteiger partial charge in [-0.05, 0) is 48.0 Å². The topological polar surface area (TPSA) is 42.0 Å². The third kappa shape index (κ3) is 4.71. The smallest absolute Gasteiger partial charge is 0.257 e. The van der Waals surface area contributed by atoms with Crippen molar-refractivity contribution in [2.45, 2.75) is 10.1 Å². The van der Waals surface area contributed by atoms with Gasteiger partial charge in [0.1, 0.15) is 0 Å². The molecule has 3 nitrogen and oxygen atoms in total. The number of amides is 1. The van der Waals surface area contributed by atoms with Crippen LogP contribution in [0.2, 0.25) is 15.1 Å². The summed E-state index contributed by atoms with van der Waals surface area (Å²) in [5.74, 6) is 0.386. The minimum absolute atomic E-state index is 0.248. The number of thioether (sulfide) groups is 1. The fourth-order valence-corrected chi connectivity index (χ4v) is 5.76. The largest absolute Gasteiger partial charge is 0.322 e. The number of benzene rings is 3. The molecule has 1 aromatic heterocycles. The number of anilines is 1. The van der Waals surface area contributed by atoms with Crippen molar-refractivity contribution in [3.05, 3.63) is 86.9 Å². The fraction of sp³-hybridized carbons (Fsp3) is 0.0476. The van der Waals surface area contributed by atoms with Crippen LogP contribution in [0.1, 0.15) is 15.9 Å². The molecule has 0 aliphatic heterocycles. The number of hydrogen-bond donors (Lipinski definition) is 1. The number of halogens is 3. The first-order valence-electron chi connectivity index (χ1n) is 8.53. The molecule has 1 heterocycles. The average Bonchev–Trinajstić information content (AvgIpc) is 3.10. The highest BCUT2D eigenvalue weighted by Gasteiger charge is 2.12. The molecule has 0 saturated carbocycles. The lowest BCUT2D eigenvalue weighted by molar-refractivity contribution is 0.102. The third-order valence-corrected chi connectivity index (χ3v) is 7.37. The number of hydrogen-bond acceptors (Lipinski definition) is 4. The summed E-state index contributed by atoms with van der Waals surface area (Å²) < 4.78 is 1.89. The maximum Gasteiger partial charge on any atom is 0.257 e. The quantitative estimate of drug-likeness (QED) is 0.297. The second kappa shape index (κ2) is 8.94. The molecule has 0 unspecified atom stereocenters. The summed E-state index contributed by atoms with van der Waals surface area (Å²) in [7, 11) is 0. The molecule has 0 radical (unpaired) electrons. The number of aromatic nitrogens is 1. The molecule has 0 spiro atoms. The molecule has 4 rings (SSSR count). The van der Waals surface area contributed by atoms with E-state index < -0.39 is 0 Å². The minimum atomic E-state index is -0.248. The summed E-state index contributed by atoms with van der Waals surface area (Å²) in [6, 6.07) is 18.1. The Morgan fingerprint density at radius 2 is 1.69 bits per heavy atom. The van der Waals surface area contributed by atoms with Gasteiger partial charge in [0.05, 0.1) is 20.8 Å². The van der Waals surface area contributed by atoms with Gasteiger partial charge in [0, 0.05) is 21.5 Å². The van der Waals surface area contributed by atoms with Crippen LogP contribution in [0.5, 0.6) is 0 Å². The summed E-state index contributed by atoms with van der Waals surface area (Å²) in [5.41, 5.74) is 2.90. The van der Waals surface area contributed by atoms with Gasteiger partial charge < -0.3 is 5.32 Å². The first-order valence-corrected chi connectivity index (χ1v) is 11.5. The second-order valence-electron chi connectivity index (χ2n) is 6.09. The molecule has 0 aliphatic rings. The lowest BCUT2D eigenvalue weighted by atomic mass is 10.2. The molecule has 0 bridgehead atoms. The average molecular weight is 480 g/mol. The van der Waals surface area contributed by atoms with E-state index in [-0.39, 0.29) is 5.91 Å². The number of carbonyl (C=O) groups is 1. The summed E-state index contributed by atoms with van der Waals surface area (Å²) in [5, 5.41) is 4.60. The molecule has 0 saturated heterocycles. The monoisotopic (exact) mass is 478 g/mol. The highest BCUT2D eigenvalue weighted by atomic mass is 35.5. The molecule has 1 amide bonds. The standard InChI is InChI=1S/C21H13Cl3N2OS2/c22-15-5-2-1-4-13(15)20(27)25-12-8-9-18-19(10-12)29-21(26-18)28-11-14-16(23)6-3-7-17(14)24/h1-10H,11H2,(H,25,27). The van der Waals surface area contributed by atoms with E-state index in [4.69, 9.17) is 34.8 Å². The highest BCUT2D eigenvalue weighted by Crippen LogP contribution is 2.36. The van der Waals surface area contributed by atoms with Crippen molar-refractivity contribution >= 4 is 79.7 Å². The Bertz CT molecular complexity index is 1190. The van der Waals surface area contributed by atoms with Gasteiger partial charge in [0.2, 0.25) is 0 Å². The predicted molar refractivity (Wildman–Crippen MR) is 125 cm³/mol. The lowest BCUT2D eigenvalue weighted by Crippen LogP contribution is -2.12. The molecule has 0 fully saturated rings. The van der Waals surface area contributed by atoms with Gasteiger partial charge in [0.15, 0.2) is 4.34 Å². The van der Waals surface area contributed by atoms with Crippen molar-refractivity contribution in [2.75, 3.05) is 5.32 Å². The molecule has 29 heavy (non-hydrogen) atoms. The van der Waals surface area contributed by atoms with Gasteiger partial charge in [-0.2, -0.15) is 0 Å². The van der Waals surface area contributed by atoms with Crippen LogP contribution in [0.3, 0.4) is 0 Å². The highest BCUT2D eigenvalue weighted by molar-refractivity contribution is 8.00. The maximum atomic E-state index is 12.5. The SMILES string of the molecule is O=C(Nc1ccc2nc(SCc3c(Cl)cccc3Cl)sc2c1)c1ccccc1Cl. The summed E-state index contributed by atoms with van der Waals surface area (Å²) in [6.45, 7) is 0. The van der Waals surface area contributed by atoms with Crippen LogP contribution in [-0.4, -0.2) is 10.9 Å². The van der Waals surface area contributed by atoms with Gasteiger partial charge >= 0.3 is 0 Å². The summed E-state index contributed by atoms with van der Waals surface area (Å²) in [6.07, 6.45) is 0. The van der Waals surface area contributed by atoms with Crippen LogP contribution in [0.25, 0.3) is 10.2 Å². The van der Waals surface area contributed by atoms with Crippen LogP contribution in [-0.2, 0) is 5.75 Å². The number of carbonyl (C=O) groups excluding carboxylic acids is 1. The van der Waals surface area contributed by atoms with Crippen LogP contribution >= 0.6 is 57.9 Å². The molecule has 4 aromatic rings. The Morgan fingerprint density at radius 1 is 0.966 bits per heavy atom. The van der Waals surface area contributed by atoms with Crippen LogP contribution in [0, 0.1) is 0 Å². The van der Waals surface area contributed by atoms with Gasteiger partial charge in [0.25, 0.3) is 5.91 Å². The van der Waals surface area contributed by atoms with Crippen LogP contribution in [0.4, 0.5) is 5.69 Å². The third-order valence-electron chi connectivity index (χ3n) is 4.15. The van der Waals surface area contributed by atoms with Gasteiger partial charge in [-0.1, -0.05) is 64.8 Å². The lowest BCUT2D eigenvalue weighted by Gasteiger charge is -2.06. The molecule has 1 N–H and O–H groups in total. The van der Waals surface area contributed by atoms with Crippen molar-refractivity contribution in [3.8, 4) is 0 Å². The van der Waals surface area contributed by atoms with E-state index in [1.807, 2.05) is 36.4 Å². The van der Waals surface area contributed by atoms with Crippen molar-refractivity contribution in [1.29, 1.82) is 0 Å². The Balaban J connectivity index is 1.50. The van der Waals surface area contributed by atoms with E-state index in [1.54, 1.807) is 47.4 Å². The fourth-order valence-electron chi connectivity index (χ4n) is 2.69. The molecule has 0 atom stereocenters. The van der Waals surface area contributed by atoms with Gasteiger partial charge in [-0.3, -0.25) is 4.79 Å². The Kier molecular flexibility index (Phi) is 6.32. The Labute approximate surface area is 191 Å². The van der Waals surface area contributed by atoms with E-state index in [1.165, 1.54) is 0 Å². The number of nitrogens with zero attached hydrogens (tertiary/aromatic N) is 1. The minimum Gasteiger partial charge on any atom is -0.322 e. The maximum absolute atomic E-state index is 12.5. The number of nitrogens with one attached hydrogen (secondary N) is 1. The zero-order chi connectivity index (χ0) is 20.4. The first-order chi connectivity index (χ1) is 14.0. The van der Waals surface area contributed by atoms with Gasteiger partial charge in [-0.25, -0.2) is 4.98 Å². The Morgan fingerprint density at radius 3 is 2.45 bits per heavy atom. The zero-order valence-electron chi connectivity index (χ0n) is 14.8. The normalized spacial score (nSPS) is 11.0. The molecular formula is C21H13Cl3N2OS2. The van der Waals surface area contributed by atoms with Crippen LogP contribution in [0.15, 0.2) is 65.0 Å². The molecule has 8 heteroatoms.